The van der Waals surface area contributed by atoms with Gasteiger partial charge in [-0.05, 0) is 43.7 Å². The second-order valence-electron chi connectivity index (χ2n) is 12.4. The molecular weight excluding hydrogens is 458 g/mol. The molecule has 7 N–H and O–H groups in total. The molecule has 6 fully saturated rings. The molecule has 6 bridgehead atoms. The lowest BCUT2D eigenvalue weighted by Crippen LogP contribution is -2.75. The molecule has 0 aromatic carbocycles. The number of carbonyl (C=O) groups is 1. The molecule has 0 amide bonds. The minimum atomic E-state index is -2.59. The zero-order valence-electron chi connectivity index (χ0n) is 20.6. The Morgan fingerprint density at radius 1 is 1.20 bits per heavy atom. The molecule has 35 heavy (non-hydrogen) atoms. The van der Waals surface area contributed by atoms with Crippen LogP contribution in [0.1, 0.15) is 64.4 Å². The number of hydrogen-bond donors (Lipinski definition) is 7. The van der Waals surface area contributed by atoms with E-state index in [1.54, 1.807) is 26.8 Å². The molecule has 1 aromatic rings. The third-order valence-electron chi connectivity index (χ3n) is 11.3. The molecule has 1 spiro atoms. The highest BCUT2D eigenvalue weighted by Crippen LogP contribution is 2.90. The Balaban J connectivity index is 1.69. The first-order valence-electron chi connectivity index (χ1n) is 12.4. The Bertz CT molecular complexity index is 1130. The van der Waals surface area contributed by atoms with Gasteiger partial charge in [-0.15, -0.1) is 0 Å². The number of aliphatic hydroxyl groups is 6. The fourth-order valence-electron chi connectivity index (χ4n) is 9.56. The maximum Gasteiger partial charge on any atom is 0.355 e. The number of ether oxygens (including phenoxy) is 2. The zero-order valence-corrected chi connectivity index (χ0v) is 20.6. The van der Waals surface area contributed by atoms with Gasteiger partial charge in [-0.25, -0.2) is 4.79 Å². The summed E-state index contributed by atoms with van der Waals surface area (Å²) in [4.78, 5) is 15.9. The quantitative estimate of drug-likeness (QED) is 0.282. The van der Waals surface area contributed by atoms with Crippen molar-refractivity contribution in [3.63, 3.8) is 0 Å². The van der Waals surface area contributed by atoms with Gasteiger partial charge in [0, 0.05) is 18.0 Å². The third kappa shape index (κ3) is 1.74. The molecule has 0 radical (unpaired) electrons. The number of aromatic nitrogens is 1. The van der Waals surface area contributed by atoms with Crippen LogP contribution < -0.4 is 0 Å². The smallest absolute Gasteiger partial charge is 0.355 e. The van der Waals surface area contributed by atoms with E-state index in [4.69, 9.17) is 9.47 Å². The summed E-state index contributed by atoms with van der Waals surface area (Å²) in [6.07, 6.45) is -1.63. The number of H-pyrrole nitrogens is 1. The van der Waals surface area contributed by atoms with Crippen LogP contribution in [0.3, 0.4) is 0 Å². The molecule has 4 aliphatic carbocycles. The molecule has 3 heterocycles. The molecule has 2 aliphatic heterocycles. The lowest BCUT2D eigenvalue weighted by atomic mass is 9.52. The molecule has 0 unspecified atom stereocenters. The number of aliphatic hydroxyl groups excluding tert-OH is 1. The molecule has 10 heteroatoms. The van der Waals surface area contributed by atoms with Gasteiger partial charge in [0.2, 0.25) is 0 Å². The van der Waals surface area contributed by atoms with E-state index in [9.17, 15) is 35.4 Å². The van der Waals surface area contributed by atoms with Crippen molar-refractivity contribution in [3.8, 4) is 0 Å². The highest BCUT2D eigenvalue weighted by atomic mass is 16.7. The van der Waals surface area contributed by atoms with E-state index in [1.165, 1.54) is 26.1 Å². The van der Waals surface area contributed by atoms with Crippen molar-refractivity contribution in [1.29, 1.82) is 0 Å². The molecule has 4 saturated carbocycles. The van der Waals surface area contributed by atoms with Crippen molar-refractivity contribution < 1.29 is 44.9 Å². The minimum absolute atomic E-state index is 0.0654. The first kappa shape index (κ1) is 23.8. The van der Waals surface area contributed by atoms with Gasteiger partial charge in [0.25, 0.3) is 0 Å². The van der Waals surface area contributed by atoms with Gasteiger partial charge >= 0.3 is 5.97 Å². The van der Waals surface area contributed by atoms with Crippen LogP contribution in [0.5, 0.6) is 0 Å². The van der Waals surface area contributed by atoms with Crippen molar-refractivity contribution in [3.05, 3.63) is 24.0 Å². The number of nitrogens with one attached hydrogen (secondary N) is 1. The number of rotatable bonds is 3. The Kier molecular flexibility index (Phi) is 4.06. The van der Waals surface area contributed by atoms with Crippen molar-refractivity contribution in [2.45, 2.75) is 99.9 Å². The van der Waals surface area contributed by atoms with Crippen LogP contribution in [-0.4, -0.2) is 87.6 Å². The maximum atomic E-state index is 13.2. The summed E-state index contributed by atoms with van der Waals surface area (Å²) >= 11 is 0. The topological polar surface area (TPSA) is 173 Å². The Hall–Kier alpha value is -1.53. The van der Waals surface area contributed by atoms with Gasteiger partial charge in [-0.3, -0.25) is 0 Å². The van der Waals surface area contributed by atoms with Crippen molar-refractivity contribution in [2.75, 3.05) is 0 Å². The summed E-state index contributed by atoms with van der Waals surface area (Å²) in [5, 5.41) is 73.9. The zero-order chi connectivity index (χ0) is 25.8. The summed E-state index contributed by atoms with van der Waals surface area (Å²) in [6.45, 7) is 7.91. The fourth-order valence-corrected chi connectivity index (χ4v) is 9.56. The van der Waals surface area contributed by atoms with Crippen LogP contribution >= 0.6 is 0 Å². The van der Waals surface area contributed by atoms with Crippen molar-refractivity contribution in [1.82, 2.24) is 4.98 Å². The highest BCUT2D eigenvalue weighted by Gasteiger charge is 3.10. The van der Waals surface area contributed by atoms with E-state index in [-0.39, 0.29) is 18.5 Å². The molecule has 7 rings (SSSR count). The normalized spacial score (nSPS) is 59.8. The molecule has 11 atom stereocenters. The monoisotopic (exact) mass is 493 g/mol. The van der Waals surface area contributed by atoms with Crippen LogP contribution in [0.15, 0.2) is 18.3 Å². The lowest BCUT2D eigenvalue weighted by molar-refractivity contribution is -0.390. The molecule has 2 saturated heterocycles. The largest absolute Gasteiger partial charge is 0.451 e. The van der Waals surface area contributed by atoms with Crippen LogP contribution in [0.4, 0.5) is 0 Å². The summed E-state index contributed by atoms with van der Waals surface area (Å²) in [5.74, 6) is -4.34. The van der Waals surface area contributed by atoms with Gasteiger partial charge in [-0.2, -0.15) is 0 Å². The van der Waals surface area contributed by atoms with Crippen LogP contribution in [-0.2, 0) is 9.47 Å². The van der Waals surface area contributed by atoms with Crippen LogP contribution in [0.25, 0.3) is 0 Å². The average molecular weight is 494 g/mol. The second-order valence-corrected chi connectivity index (χ2v) is 12.4. The van der Waals surface area contributed by atoms with Gasteiger partial charge in [0.05, 0.1) is 11.5 Å². The van der Waals surface area contributed by atoms with E-state index in [1.807, 2.05) is 0 Å². The minimum Gasteiger partial charge on any atom is -0.451 e. The highest BCUT2D eigenvalue weighted by molar-refractivity contribution is 5.87. The third-order valence-corrected chi connectivity index (χ3v) is 11.3. The molecule has 6 aliphatic rings. The summed E-state index contributed by atoms with van der Waals surface area (Å²) in [6, 6.07) is 3.06. The van der Waals surface area contributed by atoms with Gasteiger partial charge in [-0.1, -0.05) is 27.7 Å². The van der Waals surface area contributed by atoms with E-state index in [0.29, 0.717) is 6.42 Å². The number of hydrogen-bond acceptors (Lipinski definition) is 9. The SMILES string of the molecule is CC(C)[C@]1(O)[C@H](OC(=O)c2ccc[nH]2)[C@@]2(O)[C@@]3(C)C[C@@]4(O)O[C@@]5([C@H](O)[C@@H](C)CC[C@]35O)[C@@]2(O)[C@]41C. The standard InChI is InChI=1S/C25H35NO9/c1-12(2)22(31)17(34-16(28)14-7-6-10-26-14)23(32)18(4)11-21(30)19(22,5)25(23,33)24(35-21)15(27)13(3)8-9-20(18,24)29/h6-7,10,12-13,15,17,26-27,29-33H,8-9,11H2,1-5H3/t13-,15+,17-,18-,19+,20-,21+,22-,23+,24+,25+/m0/s1. The van der Waals surface area contributed by atoms with Gasteiger partial charge in [0.1, 0.15) is 28.1 Å². The fraction of sp³-hybridized carbons (Fsp3) is 0.800. The van der Waals surface area contributed by atoms with Crippen molar-refractivity contribution >= 4 is 5.97 Å². The first-order valence-corrected chi connectivity index (χ1v) is 12.4. The Morgan fingerprint density at radius 3 is 2.43 bits per heavy atom. The second kappa shape index (κ2) is 5.96. The van der Waals surface area contributed by atoms with Gasteiger partial charge in [0.15, 0.2) is 17.5 Å². The summed E-state index contributed by atoms with van der Waals surface area (Å²) in [7, 11) is 0. The maximum absolute atomic E-state index is 13.2. The summed E-state index contributed by atoms with van der Waals surface area (Å²) < 4.78 is 12.1. The van der Waals surface area contributed by atoms with Crippen LogP contribution in [0, 0.1) is 22.7 Å². The van der Waals surface area contributed by atoms with E-state index < -0.39 is 74.6 Å². The number of aromatic amines is 1. The Labute approximate surface area is 202 Å². The van der Waals surface area contributed by atoms with Gasteiger partial charge < -0.3 is 45.1 Å². The molecule has 1 aromatic heterocycles. The summed E-state index contributed by atoms with van der Waals surface area (Å²) in [5.41, 5.74) is -15.2. The predicted octanol–water partition coefficient (Wildman–Crippen LogP) is -0.188. The van der Waals surface area contributed by atoms with E-state index in [2.05, 4.69) is 4.98 Å². The molecular formula is C25H35NO9. The average Bonchev–Trinajstić information content (AvgIpc) is 3.41. The van der Waals surface area contributed by atoms with Crippen LogP contribution in [0.2, 0.25) is 0 Å². The lowest BCUT2D eigenvalue weighted by Gasteiger charge is -2.60. The predicted molar refractivity (Wildman–Crippen MR) is 119 cm³/mol. The Morgan fingerprint density at radius 2 is 1.86 bits per heavy atom. The van der Waals surface area contributed by atoms with E-state index >= 15 is 0 Å². The number of carbonyl (C=O) groups excluding carboxylic acids is 1. The first-order chi connectivity index (χ1) is 16.0. The van der Waals surface area contributed by atoms with Crippen molar-refractivity contribution in [2.24, 2.45) is 22.7 Å². The molecule has 10 nitrogen and oxygen atoms in total. The van der Waals surface area contributed by atoms with E-state index in [0.717, 1.165) is 0 Å². The number of esters is 1. The molecule has 194 valence electrons.